The van der Waals surface area contributed by atoms with Gasteiger partial charge < -0.3 is 9.47 Å². The highest BCUT2D eigenvalue weighted by atomic mass is 32.2. The number of para-hydroxylation sites is 1. The molecule has 128 valence electrons. The molecule has 2 aromatic carbocycles. The quantitative estimate of drug-likeness (QED) is 0.690. The monoisotopic (exact) mass is 372 g/mol. The minimum Gasteiger partial charge on any atom is -0.497 e. The van der Waals surface area contributed by atoms with Gasteiger partial charge >= 0.3 is 0 Å². The van der Waals surface area contributed by atoms with E-state index < -0.39 is 0 Å². The zero-order valence-electron chi connectivity index (χ0n) is 13.8. The molecular weight excluding hydrogens is 356 g/mol. The third kappa shape index (κ3) is 2.83. The Morgan fingerprint density at radius 3 is 2.64 bits per heavy atom. The number of anilines is 1. The van der Waals surface area contributed by atoms with Crippen molar-refractivity contribution in [3.05, 3.63) is 48.0 Å². The fourth-order valence-electron chi connectivity index (χ4n) is 2.83. The van der Waals surface area contributed by atoms with E-state index in [0.717, 1.165) is 27.3 Å². The summed E-state index contributed by atoms with van der Waals surface area (Å²) in [6, 6.07) is 13.6. The van der Waals surface area contributed by atoms with Crippen LogP contribution in [0.2, 0.25) is 0 Å². The Bertz CT molecular complexity index is 924. The van der Waals surface area contributed by atoms with Crippen molar-refractivity contribution in [1.29, 1.82) is 0 Å². The van der Waals surface area contributed by atoms with Crippen LogP contribution in [-0.4, -0.2) is 30.9 Å². The second kappa shape index (κ2) is 6.57. The van der Waals surface area contributed by atoms with Crippen LogP contribution in [-0.2, 0) is 4.79 Å². The van der Waals surface area contributed by atoms with Gasteiger partial charge in [0.15, 0.2) is 5.13 Å². The van der Waals surface area contributed by atoms with E-state index in [1.54, 1.807) is 30.9 Å². The second-order valence-electron chi connectivity index (χ2n) is 5.50. The van der Waals surface area contributed by atoms with E-state index in [-0.39, 0.29) is 11.3 Å². The van der Waals surface area contributed by atoms with Gasteiger partial charge in [0, 0.05) is 0 Å². The highest BCUT2D eigenvalue weighted by Crippen LogP contribution is 2.45. The van der Waals surface area contributed by atoms with Gasteiger partial charge in [-0.3, -0.25) is 9.69 Å². The minimum atomic E-state index is -0.0787. The molecule has 1 amide bonds. The first kappa shape index (κ1) is 16.2. The first-order chi connectivity index (χ1) is 12.2. The molecule has 5 nitrogen and oxygen atoms in total. The molecule has 2 heterocycles. The van der Waals surface area contributed by atoms with Crippen LogP contribution in [0.1, 0.15) is 10.9 Å². The van der Waals surface area contributed by atoms with Crippen LogP contribution in [0.4, 0.5) is 5.13 Å². The minimum absolute atomic E-state index is 0.0730. The number of hydrogen-bond acceptors (Lipinski definition) is 6. The van der Waals surface area contributed by atoms with Crippen molar-refractivity contribution in [3.8, 4) is 11.5 Å². The van der Waals surface area contributed by atoms with Crippen LogP contribution < -0.4 is 14.4 Å². The summed E-state index contributed by atoms with van der Waals surface area (Å²) in [4.78, 5) is 19.0. The number of aromatic nitrogens is 1. The number of amides is 1. The lowest BCUT2D eigenvalue weighted by atomic mass is 10.2. The van der Waals surface area contributed by atoms with E-state index in [1.807, 2.05) is 42.5 Å². The maximum absolute atomic E-state index is 12.5. The first-order valence-corrected chi connectivity index (χ1v) is 9.59. The normalized spacial score (nSPS) is 17.3. The maximum Gasteiger partial charge on any atom is 0.240 e. The van der Waals surface area contributed by atoms with E-state index in [1.165, 1.54) is 11.3 Å². The molecule has 0 saturated carbocycles. The van der Waals surface area contributed by atoms with Gasteiger partial charge in [-0.1, -0.05) is 29.5 Å². The molecule has 25 heavy (non-hydrogen) atoms. The van der Waals surface area contributed by atoms with Crippen molar-refractivity contribution in [2.45, 2.75) is 5.37 Å². The predicted molar refractivity (Wildman–Crippen MR) is 102 cm³/mol. The molecule has 1 aliphatic rings. The largest absolute Gasteiger partial charge is 0.497 e. The van der Waals surface area contributed by atoms with Gasteiger partial charge in [0.05, 0.1) is 24.7 Å². The van der Waals surface area contributed by atoms with Crippen molar-refractivity contribution in [2.24, 2.45) is 0 Å². The second-order valence-corrected chi connectivity index (χ2v) is 7.58. The molecule has 0 spiro atoms. The van der Waals surface area contributed by atoms with Gasteiger partial charge in [0.2, 0.25) is 5.91 Å². The zero-order valence-corrected chi connectivity index (χ0v) is 15.4. The highest BCUT2D eigenvalue weighted by molar-refractivity contribution is 8.00. The summed E-state index contributed by atoms with van der Waals surface area (Å²) < 4.78 is 11.6. The van der Waals surface area contributed by atoms with Crippen LogP contribution in [0, 0.1) is 0 Å². The Morgan fingerprint density at radius 2 is 1.92 bits per heavy atom. The van der Waals surface area contributed by atoms with E-state index >= 15 is 0 Å². The number of hydrogen-bond donors (Lipinski definition) is 0. The molecule has 0 N–H and O–H groups in total. The SMILES string of the molecule is COc1ccc(C2SCC(=O)N2c2nc3c(OC)cccc3s2)cc1. The fraction of sp³-hybridized carbons (Fsp3) is 0.222. The summed E-state index contributed by atoms with van der Waals surface area (Å²) in [5.41, 5.74) is 1.85. The van der Waals surface area contributed by atoms with Crippen molar-refractivity contribution in [3.63, 3.8) is 0 Å². The Balaban J connectivity index is 1.74. The third-order valence-electron chi connectivity index (χ3n) is 4.07. The average Bonchev–Trinajstić information content (AvgIpc) is 3.24. The third-order valence-corrected chi connectivity index (χ3v) is 6.30. The molecule has 1 unspecified atom stereocenters. The van der Waals surface area contributed by atoms with Gasteiger partial charge in [-0.2, -0.15) is 0 Å². The molecule has 1 atom stereocenters. The molecular formula is C18H16N2O3S2. The fourth-order valence-corrected chi connectivity index (χ4v) is 5.08. The summed E-state index contributed by atoms with van der Waals surface area (Å²) in [7, 11) is 3.27. The molecule has 3 aromatic rings. The summed E-state index contributed by atoms with van der Waals surface area (Å²) in [5, 5.41) is 0.625. The lowest BCUT2D eigenvalue weighted by Gasteiger charge is -2.21. The lowest BCUT2D eigenvalue weighted by molar-refractivity contribution is -0.115. The van der Waals surface area contributed by atoms with Crippen LogP contribution in [0.15, 0.2) is 42.5 Å². The average molecular weight is 372 g/mol. The predicted octanol–water partition coefficient (Wildman–Crippen LogP) is 4.09. The number of benzene rings is 2. The first-order valence-electron chi connectivity index (χ1n) is 7.72. The number of thioether (sulfide) groups is 1. The molecule has 1 fully saturated rings. The summed E-state index contributed by atoms with van der Waals surface area (Å²) >= 11 is 3.12. The molecule has 0 aliphatic carbocycles. The molecule has 0 radical (unpaired) electrons. The zero-order chi connectivity index (χ0) is 17.4. The van der Waals surface area contributed by atoms with Gasteiger partial charge in [0.1, 0.15) is 22.4 Å². The van der Waals surface area contributed by atoms with Crippen molar-refractivity contribution < 1.29 is 14.3 Å². The van der Waals surface area contributed by atoms with E-state index in [2.05, 4.69) is 4.98 Å². The topological polar surface area (TPSA) is 51.7 Å². The van der Waals surface area contributed by atoms with Crippen molar-refractivity contribution in [1.82, 2.24) is 4.98 Å². The summed E-state index contributed by atoms with van der Waals surface area (Å²) in [6.45, 7) is 0. The highest BCUT2D eigenvalue weighted by Gasteiger charge is 2.36. The summed E-state index contributed by atoms with van der Waals surface area (Å²) in [6.07, 6.45) is 0. The number of methoxy groups -OCH3 is 2. The van der Waals surface area contributed by atoms with Gasteiger partial charge in [-0.25, -0.2) is 4.98 Å². The maximum atomic E-state index is 12.5. The van der Waals surface area contributed by atoms with Crippen LogP contribution in [0.25, 0.3) is 10.2 Å². The molecule has 4 rings (SSSR count). The van der Waals surface area contributed by atoms with Crippen LogP contribution in [0.5, 0.6) is 11.5 Å². The number of fused-ring (bicyclic) bond motifs is 1. The number of carbonyl (C=O) groups is 1. The molecule has 1 saturated heterocycles. The molecule has 1 aliphatic heterocycles. The smallest absolute Gasteiger partial charge is 0.240 e. The van der Waals surface area contributed by atoms with E-state index in [0.29, 0.717) is 10.9 Å². The number of ether oxygens (including phenoxy) is 2. The van der Waals surface area contributed by atoms with Gasteiger partial charge in [0.25, 0.3) is 0 Å². The summed E-state index contributed by atoms with van der Waals surface area (Å²) in [5.74, 6) is 2.04. The van der Waals surface area contributed by atoms with E-state index in [9.17, 15) is 4.79 Å². The molecule has 1 aromatic heterocycles. The Hall–Kier alpha value is -2.25. The van der Waals surface area contributed by atoms with Gasteiger partial charge in [-0.05, 0) is 29.8 Å². The van der Waals surface area contributed by atoms with Crippen molar-refractivity contribution in [2.75, 3.05) is 24.9 Å². The standard InChI is InChI=1S/C18H16N2O3S2/c1-22-12-8-6-11(7-9-12)17-20(15(21)10-24-17)18-19-16-13(23-2)4-3-5-14(16)25-18/h3-9,17H,10H2,1-2H3. The van der Waals surface area contributed by atoms with Gasteiger partial charge in [-0.15, -0.1) is 11.8 Å². The Labute approximate surface area is 153 Å². The molecule has 7 heteroatoms. The Morgan fingerprint density at radius 1 is 1.12 bits per heavy atom. The van der Waals surface area contributed by atoms with E-state index in [4.69, 9.17) is 9.47 Å². The van der Waals surface area contributed by atoms with Crippen LogP contribution >= 0.6 is 23.1 Å². The lowest BCUT2D eigenvalue weighted by Crippen LogP contribution is -2.27. The van der Waals surface area contributed by atoms with Crippen molar-refractivity contribution >= 4 is 44.4 Å². The number of thiazole rings is 1. The number of nitrogens with zero attached hydrogens (tertiary/aromatic N) is 2. The van der Waals surface area contributed by atoms with Crippen LogP contribution in [0.3, 0.4) is 0 Å². The number of carbonyl (C=O) groups excluding carboxylic acids is 1. The molecule has 0 bridgehead atoms. The number of rotatable bonds is 4. The Kier molecular flexibility index (Phi) is 4.27.